The lowest BCUT2D eigenvalue weighted by atomic mass is 9.85. The van der Waals surface area contributed by atoms with Gasteiger partial charge in [-0.2, -0.15) is 0 Å². The van der Waals surface area contributed by atoms with Gasteiger partial charge in [-0.05, 0) is 28.8 Å². The molecule has 1 N–H and O–H groups in total. The molecule has 1 saturated heterocycles. The lowest BCUT2D eigenvalue weighted by Gasteiger charge is -2.48. The normalized spacial score (nSPS) is 23.9. The second-order valence-corrected chi connectivity index (χ2v) is 9.99. The van der Waals surface area contributed by atoms with Gasteiger partial charge in [0.25, 0.3) is 0 Å². The third-order valence-electron chi connectivity index (χ3n) is 6.76. The zero-order valence-electron chi connectivity index (χ0n) is 23.4. The molecule has 3 aromatic rings. The molecular weight excluding hydrogens is 528 g/mol. The number of aliphatic hydroxyl groups excluding tert-OH is 1. The van der Waals surface area contributed by atoms with Crippen molar-refractivity contribution >= 4 is 17.9 Å². The van der Waals surface area contributed by atoms with E-state index in [2.05, 4.69) is 24.3 Å². The molecule has 1 fully saturated rings. The number of ether oxygens (including phenoxy) is 5. The summed E-state index contributed by atoms with van der Waals surface area (Å²) in [5, 5.41) is 10.9. The largest absolute Gasteiger partial charge is 0.463 e. The Kier molecular flexibility index (Phi) is 9.42. The summed E-state index contributed by atoms with van der Waals surface area (Å²) in [6, 6.07) is 27.6. The van der Waals surface area contributed by atoms with Crippen molar-refractivity contribution < 1.29 is 43.2 Å². The highest BCUT2D eigenvalue weighted by atomic mass is 16.7. The summed E-state index contributed by atoms with van der Waals surface area (Å²) in [6.07, 6.45) is -5.30. The number of rotatable bonds is 9. The lowest BCUT2D eigenvalue weighted by molar-refractivity contribution is -0.333. The smallest absolute Gasteiger partial charge is 0.303 e. The van der Waals surface area contributed by atoms with Crippen LogP contribution in [0.15, 0.2) is 84.9 Å². The maximum Gasteiger partial charge on any atom is 0.303 e. The Balaban J connectivity index is 1.67. The van der Waals surface area contributed by atoms with Gasteiger partial charge in [0.1, 0.15) is 24.6 Å². The van der Waals surface area contributed by atoms with E-state index in [1.54, 1.807) is 12.1 Å². The average molecular weight is 563 g/mol. The van der Waals surface area contributed by atoms with Gasteiger partial charge in [0, 0.05) is 33.6 Å². The fraction of sp³-hybridized carbons (Fsp3) is 0.344. The first-order valence-electron chi connectivity index (χ1n) is 13.3. The summed E-state index contributed by atoms with van der Waals surface area (Å²) in [4.78, 5) is 35.4. The fourth-order valence-electron chi connectivity index (χ4n) is 5.05. The maximum atomic E-state index is 12.1. The molecule has 0 aliphatic carbocycles. The molecule has 1 unspecified atom stereocenters. The van der Waals surface area contributed by atoms with Crippen LogP contribution in [0, 0.1) is 0 Å². The zero-order valence-corrected chi connectivity index (χ0v) is 23.4. The Morgan fingerprint density at radius 2 is 1.29 bits per heavy atom. The molecule has 0 amide bonds. The van der Waals surface area contributed by atoms with Crippen LogP contribution in [0.2, 0.25) is 0 Å². The quantitative estimate of drug-likeness (QED) is 0.233. The lowest BCUT2D eigenvalue weighted by Crippen LogP contribution is -2.68. The molecular formula is C32H34O9. The Labute approximate surface area is 238 Å². The molecule has 9 nitrogen and oxygen atoms in total. The number of carbonyl (C=O) groups is 3. The number of esters is 3. The van der Waals surface area contributed by atoms with Crippen LogP contribution in [-0.2, 0) is 33.3 Å². The summed E-state index contributed by atoms with van der Waals surface area (Å²) in [5.41, 5.74) is 3.26. The standard InChI is InChI=1S/C32H34O9/c1-20(33)37-19-27-29(36)30(38-21(2)34)31(39-22(3)35)32(4,41-27)40-26-17-15-25(16-18-26)28(23-11-7-5-8-12-23)24-13-9-6-10-14-24/h5-18,27-31,36H,19H2,1-4H3/t27-,29+,30+,31-,32?/m1/s1. The Morgan fingerprint density at radius 3 is 1.78 bits per heavy atom. The molecule has 0 saturated carbocycles. The van der Waals surface area contributed by atoms with Crippen molar-refractivity contribution in [3.8, 4) is 5.75 Å². The molecule has 5 atom stereocenters. The van der Waals surface area contributed by atoms with Gasteiger partial charge >= 0.3 is 17.9 Å². The van der Waals surface area contributed by atoms with Crippen LogP contribution in [0.5, 0.6) is 5.75 Å². The molecule has 1 aliphatic rings. The monoisotopic (exact) mass is 562 g/mol. The zero-order chi connectivity index (χ0) is 29.6. The van der Waals surface area contributed by atoms with E-state index in [9.17, 15) is 19.5 Å². The van der Waals surface area contributed by atoms with Crippen molar-refractivity contribution in [1.82, 2.24) is 0 Å². The van der Waals surface area contributed by atoms with Gasteiger partial charge in [0.2, 0.25) is 11.9 Å². The Bertz CT molecular complexity index is 1290. The predicted octanol–water partition coefficient (Wildman–Crippen LogP) is 4.15. The van der Waals surface area contributed by atoms with Gasteiger partial charge in [0.15, 0.2) is 6.10 Å². The van der Waals surface area contributed by atoms with E-state index < -0.39 is 48.1 Å². The molecule has 1 heterocycles. The highest BCUT2D eigenvalue weighted by Gasteiger charge is 2.58. The first-order valence-corrected chi connectivity index (χ1v) is 13.3. The highest BCUT2D eigenvalue weighted by molar-refractivity contribution is 5.68. The summed E-state index contributed by atoms with van der Waals surface area (Å²) < 4.78 is 28.2. The number of hydrogen-bond donors (Lipinski definition) is 1. The van der Waals surface area contributed by atoms with Crippen LogP contribution in [0.25, 0.3) is 0 Å². The first-order chi connectivity index (χ1) is 19.6. The summed E-state index contributed by atoms with van der Waals surface area (Å²) in [6.45, 7) is 4.74. The van der Waals surface area contributed by atoms with Crippen LogP contribution >= 0.6 is 0 Å². The predicted molar refractivity (Wildman–Crippen MR) is 148 cm³/mol. The van der Waals surface area contributed by atoms with Gasteiger partial charge in [-0.15, -0.1) is 0 Å². The van der Waals surface area contributed by atoms with Crippen LogP contribution in [-0.4, -0.2) is 59.8 Å². The summed E-state index contributed by atoms with van der Waals surface area (Å²) in [7, 11) is 0. The van der Waals surface area contributed by atoms with E-state index in [-0.39, 0.29) is 12.5 Å². The first kappa shape index (κ1) is 29.8. The van der Waals surface area contributed by atoms with Gasteiger partial charge in [0.05, 0.1) is 0 Å². The van der Waals surface area contributed by atoms with E-state index in [1.807, 2.05) is 48.5 Å². The number of hydrogen-bond acceptors (Lipinski definition) is 9. The van der Waals surface area contributed by atoms with Crippen molar-refractivity contribution in [3.63, 3.8) is 0 Å². The highest BCUT2D eigenvalue weighted by Crippen LogP contribution is 2.38. The molecule has 4 rings (SSSR count). The molecule has 3 aromatic carbocycles. The minimum atomic E-state index is -1.73. The SMILES string of the molecule is CC(=O)OC[C@H]1OC(C)(Oc2ccc(C(c3ccccc3)c3ccccc3)cc2)[C@H](OC(C)=O)[C@@H](OC(C)=O)[C@H]1O. The van der Waals surface area contributed by atoms with Gasteiger partial charge in [-0.1, -0.05) is 72.8 Å². The molecule has 41 heavy (non-hydrogen) atoms. The number of benzene rings is 3. The van der Waals surface area contributed by atoms with Crippen LogP contribution in [0.1, 0.15) is 50.3 Å². The Hall–Kier alpha value is -4.21. The Morgan fingerprint density at radius 1 is 0.780 bits per heavy atom. The van der Waals surface area contributed by atoms with Crippen molar-refractivity contribution in [2.75, 3.05) is 6.61 Å². The van der Waals surface area contributed by atoms with Gasteiger partial charge in [-0.3, -0.25) is 14.4 Å². The minimum Gasteiger partial charge on any atom is -0.463 e. The average Bonchev–Trinajstić information content (AvgIpc) is 2.94. The van der Waals surface area contributed by atoms with E-state index in [0.29, 0.717) is 5.75 Å². The topological polar surface area (TPSA) is 118 Å². The fourth-order valence-corrected chi connectivity index (χ4v) is 5.05. The van der Waals surface area contributed by atoms with Crippen LogP contribution < -0.4 is 4.74 Å². The molecule has 0 spiro atoms. The van der Waals surface area contributed by atoms with Crippen LogP contribution in [0.4, 0.5) is 0 Å². The third kappa shape index (κ3) is 7.31. The van der Waals surface area contributed by atoms with Crippen molar-refractivity contribution in [1.29, 1.82) is 0 Å². The maximum absolute atomic E-state index is 12.1. The molecule has 0 aromatic heterocycles. The van der Waals surface area contributed by atoms with Gasteiger partial charge in [-0.25, -0.2) is 0 Å². The van der Waals surface area contributed by atoms with Crippen molar-refractivity contribution in [2.24, 2.45) is 0 Å². The minimum absolute atomic E-state index is 0.0293. The number of aliphatic hydroxyl groups is 1. The van der Waals surface area contributed by atoms with Gasteiger partial charge < -0.3 is 28.8 Å². The summed E-state index contributed by atoms with van der Waals surface area (Å²) in [5.74, 6) is -3.37. The van der Waals surface area contributed by atoms with E-state index in [4.69, 9.17) is 23.7 Å². The molecule has 0 bridgehead atoms. The molecule has 216 valence electrons. The van der Waals surface area contributed by atoms with E-state index in [1.165, 1.54) is 27.7 Å². The van der Waals surface area contributed by atoms with E-state index >= 15 is 0 Å². The second-order valence-electron chi connectivity index (χ2n) is 9.99. The molecule has 1 aliphatic heterocycles. The molecule has 9 heteroatoms. The van der Waals surface area contributed by atoms with Crippen molar-refractivity contribution in [3.05, 3.63) is 102 Å². The van der Waals surface area contributed by atoms with Crippen molar-refractivity contribution in [2.45, 2.75) is 63.8 Å². The number of carbonyl (C=O) groups excluding carboxylic acids is 3. The second kappa shape index (κ2) is 13.0. The van der Waals surface area contributed by atoms with E-state index in [0.717, 1.165) is 16.7 Å². The molecule has 0 radical (unpaired) electrons. The van der Waals surface area contributed by atoms with Crippen LogP contribution in [0.3, 0.4) is 0 Å². The third-order valence-corrected chi connectivity index (χ3v) is 6.76. The summed E-state index contributed by atoms with van der Waals surface area (Å²) >= 11 is 0.